The van der Waals surface area contributed by atoms with Crippen molar-refractivity contribution in [3.8, 4) is 11.3 Å². The van der Waals surface area contributed by atoms with Gasteiger partial charge in [0.2, 0.25) is 0 Å². The molecule has 0 radical (unpaired) electrons. The Hall–Kier alpha value is -2.38. The van der Waals surface area contributed by atoms with Gasteiger partial charge in [-0.3, -0.25) is 9.69 Å². The Kier molecular flexibility index (Phi) is 7.61. The second-order valence-corrected chi connectivity index (χ2v) is 14.4. The van der Waals surface area contributed by atoms with Crippen LogP contribution in [0.2, 0.25) is 5.02 Å². The molecular formula is C34H35ClN2O2S2. The van der Waals surface area contributed by atoms with Crippen molar-refractivity contribution in [2.75, 3.05) is 6.61 Å². The van der Waals surface area contributed by atoms with Gasteiger partial charge >= 0.3 is 0 Å². The first-order valence-corrected chi connectivity index (χ1v) is 16.5. The van der Waals surface area contributed by atoms with Crippen molar-refractivity contribution in [3.63, 3.8) is 0 Å². The van der Waals surface area contributed by atoms with Gasteiger partial charge in [-0.05, 0) is 110 Å². The molecule has 3 aromatic rings. The molecular weight excluding hydrogens is 568 g/mol. The third kappa shape index (κ3) is 5.22. The summed E-state index contributed by atoms with van der Waals surface area (Å²) < 4.78 is 3.03. The van der Waals surface area contributed by atoms with Crippen molar-refractivity contribution < 1.29 is 9.90 Å². The molecule has 1 saturated heterocycles. The Balaban J connectivity index is 1.28. The second kappa shape index (κ2) is 11.4. The number of hydrogen-bond donors (Lipinski definition) is 1. The minimum atomic E-state index is 0.0786. The molecule has 0 atom stereocenters. The number of amides is 1. The lowest BCUT2D eigenvalue weighted by Crippen LogP contribution is -2.57. The summed E-state index contributed by atoms with van der Waals surface area (Å²) in [5, 5.41) is 10.4. The molecule has 4 aliphatic carbocycles. The summed E-state index contributed by atoms with van der Waals surface area (Å²) in [4.78, 5) is 16.8. The molecule has 1 amide bonds. The Labute approximate surface area is 256 Å². The molecule has 1 aromatic heterocycles. The van der Waals surface area contributed by atoms with Crippen molar-refractivity contribution in [1.29, 1.82) is 0 Å². The first-order chi connectivity index (χ1) is 20.0. The lowest BCUT2D eigenvalue weighted by atomic mass is 9.54. The number of rotatable bonds is 8. The van der Waals surface area contributed by atoms with E-state index in [4.69, 9.17) is 23.8 Å². The number of aryl methyl sites for hydroxylation is 1. The molecule has 4 saturated carbocycles. The topological polar surface area (TPSA) is 45.5 Å². The third-order valence-corrected chi connectivity index (χ3v) is 11.3. The summed E-state index contributed by atoms with van der Waals surface area (Å²) in [5.74, 6) is 2.98. The van der Waals surface area contributed by atoms with Crippen LogP contribution in [-0.2, 0) is 17.8 Å². The van der Waals surface area contributed by atoms with E-state index in [0.717, 1.165) is 45.1 Å². The lowest BCUT2D eigenvalue weighted by Gasteiger charge is -2.56. The maximum absolute atomic E-state index is 14.1. The van der Waals surface area contributed by atoms with Crippen LogP contribution in [0.5, 0.6) is 0 Å². The largest absolute Gasteiger partial charge is 0.396 e. The smallest absolute Gasteiger partial charge is 0.266 e. The van der Waals surface area contributed by atoms with Gasteiger partial charge in [0.15, 0.2) is 0 Å². The van der Waals surface area contributed by atoms with Crippen molar-refractivity contribution in [2.45, 2.75) is 57.5 Å². The average molecular weight is 603 g/mol. The number of aliphatic hydroxyl groups excluding tert-OH is 1. The Morgan fingerprint density at radius 2 is 1.66 bits per heavy atom. The number of thiocarbonyl (C=S) groups is 1. The fourth-order valence-electron chi connectivity index (χ4n) is 8.28. The van der Waals surface area contributed by atoms with E-state index in [1.165, 1.54) is 49.4 Å². The fraction of sp³-hybridized carbons (Fsp3) is 0.412. The van der Waals surface area contributed by atoms with E-state index in [-0.39, 0.29) is 18.6 Å². The first kappa shape index (κ1) is 27.5. The van der Waals surface area contributed by atoms with Crippen molar-refractivity contribution >= 4 is 51.9 Å². The second-order valence-electron chi connectivity index (χ2n) is 12.3. The van der Waals surface area contributed by atoms with Gasteiger partial charge in [-0.15, -0.1) is 0 Å². The first-order valence-electron chi connectivity index (χ1n) is 14.9. The fourth-order valence-corrected chi connectivity index (χ4v) is 9.74. The number of carbonyl (C=O) groups is 1. The molecule has 0 spiro atoms. The molecule has 7 heteroatoms. The standard InChI is InChI=1S/C34H35ClN2O2S2/c35-28-10-8-24(9-11-28)31-25(7-4-12-38)18-29(36(31)20-21-5-2-1-3-6-21)19-30-33(39)37(34(40)41-30)32-26-14-22-13-23(16-26)17-27(32)15-22/h1-3,5-6,8-11,18-19,22-23,26-27,32,38H,4,7,12-17,20H2/b30-19-. The van der Waals surface area contributed by atoms with Gasteiger partial charge in [-0.1, -0.05) is 78.0 Å². The van der Waals surface area contributed by atoms with Crippen LogP contribution >= 0.6 is 35.6 Å². The van der Waals surface area contributed by atoms with E-state index in [2.05, 4.69) is 53.1 Å². The number of benzene rings is 2. The minimum Gasteiger partial charge on any atom is -0.396 e. The van der Waals surface area contributed by atoms with Crippen LogP contribution in [0.15, 0.2) is 65.6 Å². The summed E-state index contributed by atoms with van der Waals surface area (Å²) in [5.41, 5.74) is 5.49. The zero-order valence-corrected chi connectivity index (χ0v) is 25.4. The number of halogens is 1. The quantitative estimate of drug-likeness (QED) is 0.211. The van der Waals surface area contributed by atoms with Gasteiger partial charge in [0, 0.05) is 29.9 Å². The molecule has 212 valence electrons. The molecule has 2 aromatic carbocycles. The summed E-state index contributed by atoms with van der Waals surface area (Å²) in [7, 11) is 0. The molecule has 5 fully saturated rings. The Morgan fingerprint density at radius 3 is 2.32 bits per heavy atom. The van der Waals surface area contributed by atoms with Crippen LogP contribution in [0.1, 0.15) is 55.3 Å². The molecule has 0 unspecified atom stereocenters. The molecule has 1 aliphatic heterocycles. The normalized spacial score (nSPS) is 27.9. The number of aliphatic hydroxyl groups is 1. The summed E-state index contributed by atoms with van der Waals surface area (Å²) in [6.07, 6.45) is 9.89. The molecule has 5 aliphatic rings. The van der Waals surface area contributed by atoms with Gasteiger partial charge in [0.25, 0.3) is 5.91 Å². The summed E-state index contributed by atoms with van der Waals surface area (Å²) >= 11 is 13.6. The van der Waals surface area contributed by atoms with E-state index in [1.807, 2.05) is 23.1 Å². The van der Waals surface area contributed by atoms with Crippen LogP contribution in [0.25, 0.3) is 17.3 Å². The molecule has 41 heavy (non-hydrogen) atoms. The van der Waals surface area contributed by atoms with Crippen LogP contribution in [-0.4, -0.2) is 37.4 Å². The monoisotopic (exact) mass is 602 g/mol. The molecule has 4 nitrogen and oxygen atoms in total. The van der Waals surface area contributed by atoms with Crippen LogP contribution in [0.3, 0.4) is 0 Å². The SMILES string of the molecule is O=C1/C(=C/c2cc(CCCO)c(-c3ccc(Cl)cc3)n2Cc2ccccc2)SC(=S)N1C1C2CC3CC(C2)CC1C3. The van der Waals surface area contributed by atoms with Crippen LogP contribution < -0.4 is 0 Å². The van der Waals surface area contributed by atoms with Crippen molar-refractivity contribution in [2.24, 2.45) is 23.7 Å². The van der Waals surface area contributed by atoms with E-state index < -0.39 is 0 Å². The summed E-state index contributed by atoms with van der Waals surface area (Å²) in [6.45, 7) is 0.795. The average Bonchev–Trinajstić information content (AvgIpc) is 3.43. The zero-order valence-electron chi connectivity index (χ0n) is 23.0. The van der Waals surface area contributed by atoms with Gasteiger partial charge in [-0.2, -0.15) is 0 Å². The highest BCUT2D eigenvalue weighted by Crippen LogP contribution is 2.56. The number of carbonyl (C=O) groups excluding carboxylic acids is 1. The van der Waals surface area contributed by atoms with Gasteiger partial charge < -0.3 is 9.67 Å². The third-order valence-electron chi connectivity index (χ3n) is 9.69. The Bertz CT molecular complexity index is 1470. The van der Waals surface area contributed by atoms with E-state index in [0.29, 0.717) is 34.7 Å². The van der Waals surface area contributed by atoms with Crippen molar-refractivity contribution in [3.05, 3.63) is 87.4 Å². The van der Waals surface area contributed by atoms with Crippen molar-refractivity contribution in [1.82, 2.24) is 9.47 Å². The van der Waals surface area contributed by atoms with E-state index in [1.54, 1.807) is 0 Å². The van der Waals surface area contributed by atoms with Crippen LogP contribution in [0.4, 0.5) is 0 Å². The molecule has 1 N–H and O–H groups in total. The Morgan fingerprint density at radius 1 is 0.976 bits per heavy atom. The molecule has 4 bridgehead atoms. The lowest BCUT2D eigenvalue weighted by molar-refractivity contribution is -0.130. The summed E-state index contributed by atoms with van der Waals surface area (Å²) in [6, 6.07) is 20.8. The zero-order chi connectivity index (χ0) is 28.1. The number of aromatic nitrogens is 1. The predicted octanol–water partition coefficient (Wildman–Crippen LogP) is 7.81. The van der Waals surface area contributed by atoms with Gasteiger partial charge in [0.05, 0.1) is 10.6 Å². The molecule has 2 heterocycles. The number of thioether (sulfide) groups is 1. The number of nitrogens with zero attached hydrogens (tertiary/aromatic N) is 2. The van der Waals surface area contributed by atoms with E-state index in [9.17, 15) is 9.90 Å². The highest BCUT2D eigenvalue weighted by molar-refractivity contribution is 8.26. The highest BCUT2D eigenvalue weighted by atomic mass is 35.5. The van der Waals surface area contributed by atoms with Gasteiger partial charge in [-0.25, -0.2) is 0 Å². The molecule has 8 rings (SSSR count). The maximum atomic E-state index is 14.1. The maximum Gasteiger partial charge on any atom is 0.266 e. The highest BCUT2D eigenvalue weighted by Gasteiger charge is 2.53. The number of hydrogen-bond acceptors (Lipinski definition) is 4. The minimum absolute atomic E-state index is 0.0786. The predicted molar refractivity (Wildman–Crippen MR) is 172 cm³/mol. The van der Waals surface area contributed by atoms with E-state index >= 15 is 0 Å². The van der Waals surface area contributed by atoms with Crippen LogP contribution in [0, 0.1) is 23.7 Å². The van der Waals surface area contributed by atoms with Gasteiger partial charge in [0.1, 0.15) is 4.32 Å².